The lowest BCUT2D eigenvalue weighted by Gasteiger charge is -2.16. The van der Waals surface area contributed by atoms with Crippen LogP contribution in [0.4, 0.5) is 8.78 Å². The minimum atomic E-state index is -1.18. The van der Waals surface area contributed by atoms with E-state index in [-0.39, 0.29) is 11.4 Å². The molecule has 0 fully saturated rings. The number of nitrogens with zero attached hydrogens (tertiary/aromatic N) is 2. The molecule has 1 aromatic heterocycles. The first-order valence-electron chi connectivity index (χ1n) is 3.82. The highest BCUT2D eigenvalue weighted by Crippen LogP contribution is 2.28. The van der Waals surface area contributed by atoms with Gasteiger partial charge in [0.25, 0.3) is 0 Å². The molecule has 7 heteroatoms. The molecule has 1 aromatic rings. The van der Waals surface area contributed by atoms with Crippen LogP contribution in [0.25, 0.3) is 0 Å². The van der Waals surface area contributed by atoms with E-state index in [2.05, 4.69) is 4.98 Å². The van der Waals surface area contributed by atoms with Crippen molar-refractivity contribution in [3.8, 4) is 0 Å². The molecule has 0 bridgehead atoms. The maximum Gasteiger partial charge on any atom is 0.235 e. The zero-order chi connectivity index (χ0) is 11.7. The van der Waals surface area contributed by atoms with E-state index >= 15 is 0 Å². The number of hydrogen-bond acceptors (Lipinski definition) is 2. The number of amidine groups is 1. The van der Waals surface area contributed by atoms with E-state index in [0.717, 1.165) is 0 Å². The summed E-state index contributed by atoms with van der Waals surface area (Å²) in [7, 11) is 3.07. The van der Waals surface area contributed by atoms with Gasteiger partial charge in [-0.1, -0.05) is 23.2 Å². The van der Waals surface area contributed by atoms with Gasteiger partial charge in [0.2, 0.25) is 11.9 Å². The Kier molecular flexibility index (Phi) is 3.46. The molecule has 0 atom stereocenters. The van der Waals surface area contributed by atoms with Crippen LogP contribution in [0.5, 0.6) is 0 Å². The zero-order valence-corrected chi connectivity index (χ0v) is 9.42. The van der Waals surface area contributed by atoms with E-state index in [1.807, 2.05) is 0 Å². The molecule has 0 spiro atoms. The number of hydrogen-bond donors (Lipinski definition) is 1. The lowest BCUT2D eigenvalue weighted by atomic mass is 10.2. The molecule has 15 heavy (non-hydrogen) atoms. The lowest BCUT2D eigenvalue weighted by Crippen LogP contribution is -2.23. The van der Waals surface area contributed by atoms with Crippen LogP contribution in [0, 0.1) is 17.3 Å². The molecule has 0 aliphatic heterocycles. The first-order chi connectivity index (χ1) is 6.86. The Balaban J connectivity index is 3.46. The predicted octanol–water partition coefficient (Wildman–Crippen LogP) is 2.55. The summed E-state index contributed by atoms with van der Waals surface area (Å²) in [6.07, 6.45) is 0. The highest BCUT2D eigenvalue weighted by Gasteiger charge is 2.21. The van der Waals surface area contributed by atoms with E-state index < -0.39 is 21.9 Å². The molecule has 1 N–H and O–H groups in total. The van der Waals surface area contributed by atoms with Crippen LogP contribution in [0.1, 0.15) is 5.56 Å². The second kappa shape index (κ2) is 4.28. The fourth-order valence-electron chi connectivity index (χ4n) is 0.918. The molecule has 0 aliphatic carbocycles. The normalized spacial score (nSPS) is 10.3. The molecule has 0 saturated heterocycles. The summed E-state index contributed by atoms with van der Waals surface area (Å²) in [5, 5.41) is 6.64. The molecule has 0 amide bonds. The maximum absolute atomic E-state index is 13.0. The second-order valence-electron chi connectivity index (χ2n) is 2.94. The highest BCUT2D eigenvalue weighted by atomic mass is 35.5. The number of pyridine rings is 1. The monoisotopic (exact) mass is 253 g/mol. The first kappa shape index (κ1) is 12.1. The van der Waals surface area contributed by atoms with Crippen molar-refractivity contribution < 1.29 is 8.78 Å². The third-order valence-corrected chi connectivity index (χ3v) is 2.37. The van der Waals surface area contributed by atoms with Crippen molar-refractivity contribution in [1.82, 2.24) is 9.88 Å². The lowest BCUT2D eigenvalue weighted by molar-refractivity contribution is 0.511. The Bertz CT molecular complexity index is 395. The Morgan fingerprint density at radius 3 is 1.93 bits per heavy atom. The van der Waals surface area contributed by atoms with Crippen LogP contribution in [-0.2, 0) is 0 Å². The third-order valence-electron chi connectivity index (χ3n) is 1.68. The van der Waals surface area contributed by atoms with Crippen molar-refractivity contribution in [3.63, 3.8) is 0 Å². The Hall–Kier alpha value is -0.940. The molecular weight excluding hydrogens is 247 g/mol. The molecule has 1 rings (SSSR count). The Morgan fingerprint density at radius 1 is 1.20 bits per heavy atom. The summed E-state index contributed by atoms with van der Waals surface area (Å²) in [4.78, 5) is 4.19. The van der Waals surface area contributed by atoms with Gasteiger partial charge in [0.1, 0.15) is 15.9 Å². The quantitative estimate of drug-likeness (QED) is 0.475. The summed E-state index contributed by atoms with van der Waals surface area (Å²) in [6, 6.07) is 0. The van der Waals surface area contributed by atoms with Gasteiger partial charge < -0.3 is 4.90 Å². The predicted molar refractivity (Wildman–Crippen MR) is 54.7 cm³/mol. The van der Waals surface area contributed by atoms with Crippen molar-refractivity contribution in [2.24, 2.45) is 0 Å². The van der Waals surface area contributed by atoms with Crippen molar-refractivity contribution in [3.05, 3.63) is 27.5 Å². The van der Waals surface area contributed by atoms with Crippen LogP contribution >= 0.6 is 23.2 Å². The van der Waals surface area contributed by atoms with Gasteiger partial charge in [0.15, 0.2) is 0 Å². The van der Waals surface area contributed by atoms with E-state index in [1.54, 1.807) is 0 Å². The number of rotatable bonds is 1. The molecule has 82 valence electrons. The first-order valence-corrected chi connectivity index (χ1v) is 4.58. The van der Waals surface area contributed by atoms with Crippen molar-refractivity contribution in [1.29, 1.82) is 5.41 Å². The van der Waals surface area contributed by atoms with Gasteiger partial charge >= 0.3 is 0 Å². The van der Waals surface area contributed by atoms with Gasteiger partial charge in [-0.3, -0.25) is 5.41 Å². The van der Waals surface area contributed by atoms with E-state index in [0.29, 0.717) is 0 Å². The van der Waals surface area contributed by atoms with Gasteiger partial charge in [0.05, 0.1) is 5.56 Å². The Labute approximate surface area is 95.1 Å². The number of halogens is 4. The number of aromatic nitrogens is 1. The van der Waals surface area contributed by atoms with Crippen molar-refractivity contribution in [2.75, 3.05) is 14.1 Å². The summed E-state index contributed by atoms with van der Waals surface area (Å²) >= 11 is 11.1. The molecule has 0 unspecified atom stereocenters. The van der Waals surface area contributed by atoms with Gasteiger partial charge in [-0.2, -0.15) is 13.8 Å². The minimum absolute atomic E-state index is 0.190. The van der Waals surface area contributed by atoms with Crippen LogP contribution < -0.4 is 0 Å². The summed E-state index contributed by atoms with van der Waals surface area (Å²) in [6.45, 7) is 0. The minimum Gasteiger partial charge on any atom is -0.363 e. The number of nitrogens with one attached hydrogen (secondary N) is 1. The largest absolute Gasteiger partial charge is 0.363 e. The van der Waals surface area contributed by atoms with Crippen LogP contribution in [0.3, 0.4) is 0 Å². The fraction of sp³-hybridized carbons (Fsp3) is 0.250. The van der Waals surface area contributed by atoms with E-state index in [4.69, 9.17) is 28.6 Å². The van der Waals surface area contributed by atoms with Gasteiger partial charge in [-0.15, -0.1) is 0 Å². The van der Waals surface area contributed by atoms with E-state index in [9.17, 15) is 8.78 Å². The van der Waals surface area contributed by atoms with Gasteiger partial charge in [0, 0.05) is 14.1 Å². The topological polar surface area (TPSA) is 40.0 Å². The van der Waals surface area contributed by atoms with Gasteiger partial charge in [-0.25, -0.2) is 0 Å². The third kappa shape index (κ3) is 2.18. The molecule has 3 nitrogen and oxygen atoms in total. The highest BCUT2D eigenvalue weighted by molar-refractivity contribution is 6.39. The maximum atomic E-state index is 13.0. The summed E-state index contributed by atoms with van der Waals surface area (Å²) < 4.78 is 26.0. The molecule has 1 heterocycles. The summed E-state index contributed by atoms with van der Waals surface area (Å²) in [5.41, 5.74) is -0.201. The van der Waals surface area contributed by atoms with E-state index in [1.165, 1.54) is 19.0 Å². The molecule has 0 saturated carbocycles. The smallest absolute Gasteiger partial charge is 0.235 e. The average molecular weight is 254 g/mol. The fourth-order valence-corrected chi connectivity index (χ4v) is 1.42. The van der Waals surface area contributed by atoms with Crippen molar-refractivity contribution >= 4 is 29.0 Å². The summed E-state index contributed by atoms with van der Waals surface area (Å²) in [5.74, 6) is -2.55. The average Bonchev–Trinajstić information content (AvgIpc) is 2.15. The second-order valence-corrected chi connectivity index (χ2v) is 3.70. The molecular formula is C8H7Cl2F2N3. The SMILES string of the molecule is CN(C)C(=N)c1c(Cl)c(F)nc(F)c1Cl. The Morgan fingerprint density at radius 2 is 1.60 bits per heavy atom. The molecule has 0 aliphatic rings. The van der Waals surface area contributed by atoms with Crippen LogP contribution in [0.2, 0.25) is 10.0 Å². The molecule has 0 radical (unpaired) electrons. The van der Waals surface area contributed by atoms with Crippen LogP contribution in [-0.4, -0.2) is 29.8 Å². The zero-order valence-electron chi connectivity index (χ0n) is 7.91. The molecule has 0 aromatic carbocycles. The van der Waals surface area contributed by atoms with Crippen LogP contribution in [0.15, 0.2) is 0 Å². The standard InChI is InChI=1S/C8H7Cl2F2N3/c1-15(2)8(13)3-4(9)6(11)14-7(12)5(3)10/h13H,1-2H3. The van der Waals surface area contributed by atoms with Gasteiger partial charge in [-0.05, 0) is 0 Å². The van der Waals surface area contributed by atoms with Crippen molar-refractivity contribution in [2.45, 2.75) is 0 Å².